The Labute approximate surface area is 522 Å². The molecule has 6 rings (SSSR count). The number of anilines is 6. The van der Waals surface area contributed by atoms with Gasteiger partial charge in [-0.2, -0.15) is 0 Å². The van der Waals surface area contributed by atoms with E-state index in [1.165, 1.54) is 77.9 Å². The van der Waals surface area contributed by atoms with Gasteiger partial charge < -0.3 is 66.3 Å². The van der Waals surface area contributed by atoms with Crippen LogP contribution >= 0.6 is 34.0 Å². The van der Waals surface area contributed by atoms with Crippen LogP contribution < -0.4 is 66.3 Å². The van der Waals surface area contributed by atoms with E-state index in [4.69, 9.17) is 34.4 Å². The maximum atomic E-state index is 14.4. The molecule has 3 heterocycles. The molecule has 0 bridgehead atoms. The maximum absolute atomic E-state index is 14.4. The molecule has 3 aromatic heterocycles. The summed E-state index contributed by atoms with van der Waals surface area (Å²) in [6.45, 7) is 8.53. The molecule has 33 heteroatoms. The van der Waals surface area contributed by atoms with E-state index in [0.29, 0.717) is 70.0 Å². The number of aryl methyl sites for hydroxylation is 3. The minimum atomic E-state index is -4.67. The molecule has 6 aromatic rings. The Morgan fingerprint density at radius 2 is 0.636 bits per heavy atom. The summed E-state index contributed by atoms with van der Waals surface area (Å²) in [6, 6.07) is 19.1. The number of hydrogen-bond donors (Lipinski definition) is 12. The quantitative estimate of drug-likeness (QED) is 0.0216. The van der Waals surface area contributed by atoms with E-state index in [-0.39, 0.29) is 120 Å². The number of unbranched alkanes of at least 4 members (excludes halogenated alkanes) is 3. The SMILES string of the molecule is CC(=O)Nc1nc(C)c(S(=O)(=O)[C@@](N)(CCCCN)C(=O)Nc2ccc(C(c3ccc(NC(=O)[C@](N)(CCCCN)S(=O)(=O)c4sc(NC(C)=O)nc4C)cc3)c3ccc(NC(=O)[C@](N)(CCCCN)S(=O)(=O)c4sc(NC(C)=O)nc4C)cc3)cc2)s1. The Morgan fingerprint density at radius 3 is 0.841 bits per heavy atom. The lowest BCUT2D eigenvalue weighted by atomic mass is 9.85. The number of nitrogens with two attached hydrogens (primary N) is 6. The summed E-state index contributed by atoms with van der Waals surface area (Å²) in [7, 11) is -14.0. The third-order valence-corrected chi connectivity index (χ3v) is 25.7. The summed E-state index contributed by atoms with van der Waals surface area (Å²) >= 11 is 1.97. The van der Waals surface area contributed by atoms with E-state index >= 15 is 0 Å². The highest BCUT2D eigenvalue weighted by molar-refractivity contribution is 7.96. The van der Waals surface area contributed by atoms with Crippen LogP contribution in [0.3, 0.4) is 0 Å². The predicted octanol–water partition coefficient (Wildman–Crippen LogP) is 4.63. The van der Waals surface area contributed by atoms with Crippen LogP contribution in [0, 0.1) is 20.8 Å². The molecule has 0 radical (unpaired) electrons. The molecule has 476 valence electrons. The topological polar surface area (TPSA) is 472 Å². The molecule has 88 heavy (non-hydrogen) atoms. The monoisotopic (exact) mass is 1330 g/mol. The summed E-state index contributed by atoms with van der Waals surface area (Å²) in [5, 5.41) is 15.4. The minimum Gasteiger partial charge on any atom is -0.330 e. The van der Waals surface area contributed by atoms with E-state index < -0.39 is 85.5 Å². The van der Waals surface area contributed by atoms with Gasteiger partial charge in [0.2, 0.25) is 61.8 Å². The number of nitrogens with zero attached hydrogens (tertiary/aromatic N) is 3. The molecule has 0 aliphatic carbocycles. The van der Waals surface area contributed by atoms with Crippen LogP contribution in [0.4, 0.5) is 32.5 Å². The Kier molecular flexibility index (Phi) is 23.2. The van der Waals surface area contributed by atoms with Crippen LogP contribution in [-0.4, -0.2) is 110 Å². The van der Waals surface area contributed by atoms with Crippen molar-refractivity contribution in [2.24, 2.45) is 34.4 Å². The first-order chi connectivity index (χ1) is 41.3. The number of rotatable bonds is 30. The largest absolute Gasteiger partial charge is 0.330 e. The van der Waals surface area contributed by atoms with E-state index in [9.17, 15) is 54.0 Å². The van der Waals surface area contributed by atoms with Gasteiger partial charge in [-0.3, -0.25) is 28.8 Å². The van der Waals surface area contributed by atoms with E-state index in [1.807, 2.05) is 0 Å². The van der Waals surface area contributed by atoms with Crippen LogP contribution in [0.1, 0.15) is 118 Å². The second-order valence-electron chi connectivity index (χ2n) is 20.8. The molecule has 0 saturated heterocycles. The highest BCUT2D eigenvalue weighted by atomic mass is 32.2. The minimum absolute atomic E-state index is 0.00255. The average Bonchev–Trinajstić information content (AvgIpc) is 1.56. The van der Waals surface area contributed by atoms with Crippen LogP contribution in [0.25, 0.3) is 0 Å². The summed E-state index contributed by atoms with van der Waals surface area (Å²) < 4.78 is 85.5. The summed E-state index contributed by atoms with van der Waals surface area (Å²) in [5.41, 5.74) is 39.4. The lowest BCUT2D eigenvalue weighted by Gasteiger charge is -2.28. The summed E-state index contributed by atoms with van der Waals surface area (Å²) in [6.07, 6.45) is 0.529. The van der Waals surface area contributed by atoms with E-state index in [2.05, 4.69) is 46.9 Å². The molecule has 18 N–H and O–H groups in total. The third kappa shape index (κ3) is 15.5. The van der Waals surface area contributed by atoms with Crippen LogP contribution in [0.2, 0.25) is 0 Å². The van der Waals surface area contributed by atoms with Gasteiger partial charge >= 0.3 is 0 Å². The Morgan fingerprint density at radius 1 is 0.409 bits per heavy atom. The van der Waals surface area contributed by atoms with Crippen LogP contribution in [0.5, 0.6) is 0 Å². The van der Waals surface area contributed by atoms with Crippen molar-refractivity contribution in [1.82, 2.24) is 15.0 Å². The fourth-order valence-electron chi connectivity index (χ4n) is 9.27. The Balaban J connectivity index is 1.38. The fourth-order valence-corrected chi connectivity index (χ4v) is 19.3. The molecule has 6 amide bonds. The van der Waals surface area contributed by atoms with Crippen molar-refractivity contribution in [2.45, 2.75) is 132 Å². The number of sulfone groups is 3. The first kappa shape index (κ1) is 70.1. The number of nitrogens with one attached hydrogen (secondary N) is 6. The zero-order valence-corrected chi connectivity index (χ0v) is 54.0. The van der Waals surface area contributed by atoms with Gasteiger partial charge in [0, 0.05) is 43.8 Å². The van der Waals surface area contributed by atoms with E-state index in [0.717, 1.165) is 0 Å². The third-order valence-electron chi connectivity index (χ3n) is 13.9. The molecular formula is C55H73N15O12S6. The van der Waals surface area contributed by atoms with Crippen molar-refractivity contribution in [3.05, 3.63) is 107 Å². The van der Waals surface area contributed by atoms with Gasteiger partial charge in [-0.1, -0.05) is 70.4 Å². The molecule has 0 saturated carbocycles. The lowest BCUT2D eigenvalue weighted by molar-refractivity contribution is -0.119. The van der Waals surface area contributed by atoms with Gasteiger partial charge in [-0.25, -0.2) is 40.2 Å². The zero-order valence-electron chi connectivity index (χ0n) is 49.1. The van der Waals surface area contributed by atoms with E-state index in [1.54, 1.807) is 36.4 Å². The number of carbonyl (C=O) groups excluding carboxylic acids is 6. The molecule has 0 fully saturated rings. The van der Waals surface area contributed by atoms with Crippen molar-refractivity contribution in [1.29, 1.82) is 0 Å². The molecule has 3 aromatic carbocycles. The number of thiazole rings is 3. The van der Waals surface area contributed by atoms with Crippen LogP contribution in [0.15, 0.2) is 85.4 Å². The first-order valence-electron chi connectivity index (χ1n) is 27.5. The second kappa shape index (κ2) is 29.1. The first-order valence-corrected chi connectivity index (χ1v) is 34.4. The smallest absolute Gasteiger partial charge is 0.260 e. The standard InChI is InChI=1S/C55H73N15O12S6/c1-31-44(83-50(62-31)65-34(4)71)86(77,78)53(59,25-7-10-28-56)47(74)68-40-19-13-37(14-20-40)43(38-15-21-41(22-16-38)69-48(75)54(60,26-8-11-29-57)87(79,80)45-32(2)63-51(84-45)66-35(5)72)39-17-23-42(24-18-39)70-49(76)55(61,27-9-12-30-58)88(81,82)46-33(3)64-52(85-46)67-36(6)73/h13-24,43H,7-12,25-30,56-61H2,1-6H3,(H,68,74)(H,69,75)(H,70,76)(H,62,65,71)(H,63,66,72)(H,64,67,73)/t53-,54-,55-/m0/s1. The van der Waals surface area contributed by atoms with Crippen molar-refractivity contribution in [3.63, 3.8) is 0 Å². The van der Waals surface area contributed by atoms with Crippen LogP contribution in [-0.2, 0) is 58.3 Å². The molecular weight excluding hydrogens is 1260 g/mol. The Hall–Kier alpha value is -7.02. The van der Waals surface area contributed by atoms with Gasteiger partial charge in [-0.05, 0) is 151 Å². The van der Waals surface area contributed by atoms with Gasteiger partial charge in [0.25, 0.3) is 17.7 Å². The molecule has 0 unspecified atom stereocenters. The molecule has 0 spiro atoms. The number of benzene rings is 3. The van der Waals surface area contributed by atoms with Gasteiger partial charge in [0.1, 0.15) is 12.6 Å². The van der Waals surface area contributed by atoms with Crippen molar-refractivity contribution in [2.75, 3.05) is 51.5 Å². The van der Waals surface area contributed by atoms with Gasteiger partial charge in [-0.15, -0.1) is 0 Å². The number of hydrogen-bond acceptors (Lipinski definition) is 24. The van der Waals surface area contributed by atoms with Crippen molar-refractivity contribution in [3.8, 4) is 0 Å². The second-order valence-corrected chi connectivity index (χ2v) is 31.0. The van der Waals surface area contributed by atoms with Crippen molar-refractivity contribution >= 4 is 131 Å². The maximum Gasteiger partial charge on any atom is 0.260 e. The van der Waals surface area contributed by atoms with Gasteiger partial charge in [0.05, 0.1) is 17.1 Å². The molecule has 0 aliphatic rings. The number of aromatic nitrogens is 3. The lowest BCUT2D eigenvalue weighted by Crippen LogP contribution is -2.57. The number of carbonyl (C=O) groups is 6. The fraction of sp³-hybridized carbons (Fsp3) is 0.400. The average molecular weight is 1330 g/mol. The summed E-state index contributed by atoms with van der Waals surface area (Å²) in [5.74, 6) is -5.37. The molecule has 0 aliphatic heterocycles. The summed E-state index contributed by atoms with van der Waals surface area (Å²) in [4.78, 5) is 83.3. The molecule has 27 nitrogen and oxygen atoms in total. The predicted molar refractivity (Wildman–Crippen MR) is 341 cm³/mol. The molecule has 3 atom stereocenters. The highest BCUT2D eigenvalue weighted by Gasteiger charge is 2.52. The zero-order chi connectivity index (χ0) is 65.2. The highest BCUT2D eigenvalue weighted by Crippen LogP contribution is 2.40. The van der Waals surface area contributed by atoms with Crippen molar-refractivity contribution < 1.29 is 54.0 Å². The van der Waals surface area contributed by atoms with Gasteiger partial charge in [0.15, 0.2) is 15.4 Å². The Bertz CT molecular complexity index is 3500. The normalized spacial score (nSPS) is 14.0. The number of amides is 6.